The lowest BCUT2D eigenvalue weighted by Gasteiger charge is -2.16. The van der Waals surface area contributed by atoms with Crippen molar-refractivity contribution < 1.29 is 19.4 Å². The van der Waals surface area contributed by atoms with Crippen LogP contribution in [0.3, 0.4) is 0 Å². The first kappa shape index (κ1) is 17.0. The van der Waals surface area contributed by atoms with Gasteiger partial charge in [-0.15, -0.1) is 11.3 Å². The van der Waals surface area contributed by atoms with Gasteiger partial charge in [0.2, 0.25) is 5.91 Å². The van der Waals surface area contributed by atoms with Gasteiger partial charge in [-0.25, -0.2) is 0 Å². The Labute approximate surface area is 138 Å². The second kappa shape index (κ2) is 8.33. The van der Waals surface area contributed by atoms with E-state index >= 15 is 0 Å². The lowest BCUT2D eigenvalue weighted by atomic mass is 10.1. The maximum atomic E-state index is 12.2. The quantitative estimate of drug-likeness (QED) is 0.778. The van der Waals surface area contributed by atoms with Crippen LogP contribution in [0.2, 0.25) is 0 Å². The Bertz CT molecular complexity index is 654. The number of hydrogen-bond donors (Lipinski definition) is 2. The van der Waals surface area contributed by atoms with Crippen LogP contribution in [0.1, 0.15) is 29.3 Å². The lowest BCUT2D eigenvalue weighted by molar-refractivity contribution is -0.137. The molecule has 0 unspecified atom stereocenters. The van der Waals surface area contributed by atoms with Gasteiger partial charge in [-0.1, -0.05) is 24.3 Å². The summed E-state index contributed by atoms with van der Waals surface area (Å²) in [6.07, 6.45) is 0.697. The van der Waals surface area contributed by atoms with Crippen molar-refractivity contribution in [2.45, 2.75) is 25.3 Å². The normalized spacial score (nSPS) is 11.7. The van der Waals surface area contributed by atoms with E-state index in [0.29, 0.717) is 6.42 Å². The maximum Gasteiger partial charge on any atom is 0.305 e. The zero-order valence-corrected chi connectivity index (χ0v) is 13.6. The number of thiophene rings is 1. The highest BCUT2D eigenvalue weighted by molar-refractivity contribution is 7.10. The monoisotopic (exact) mass is 333 g/mol. The molecule has 2 aromatic rings. The van der Waals surface area contributed by atoms with Gasteiger partial charge in [-0.2, -0.15) is 0 Å². The summed E-state index contributed by atoms with van der Waals surface area (Å²) in [5.41, 5.74) is 0.955. The number of carbonyl (C=O) groups excluding carboxylic acids is 1. The van der Waals surface area contributed by atoms with Gasteiger partial charge in [0.05, 0.1) is 19.6 Å². The molecule has 1 aromatic carbocycles. The molecule has 2 rings (SSSR count). The van der Waals surface area contributed by atoms with Gasteiger partial charge in [-0.05, 0) is 29.5 Å². The molecule has 0 bridgehead atoms. The second-order valence-corrected chi connectivity index (χ2v) is 6.02. The van der Waals surface area contributed by atoms with Crippen molar-refractivity contribution in [3.05, 3.63) is 52.2 Å². The van der Waals surface area contributed by atoms with Gasteiger partial charge in [0.15, 0.2) is 0 Å². The molecule has 1 atom stereocenters. The van der Waals surface area contributed by atoms with Crippen molar-refractivity contribution in [2.75, 3.05) is 7.11 Å². The molecule has 23 heavy (non-hydrogen) atoms. The summed E-state index contributed by atoms with van der Waals surface area (Å²) in [6, 6.07) is 10.7. The standard InChI is InChI=1S/C17H19NO4S/c1-22-14-6-3-2-5-12(14)8-9-16(19)18-13(11-17(20)21)15-7-4-10-23-15/h2-7,10,13H,8-9,11H2,1H3,(H,18,19)(H,20,21)/t13-/m1/s1. The number of benzene rings is 1. The molecule has 0 radical (unpaired) electrons. The van der Waals surface area contributed by atoms with Crippen molar-refractivity contribution in [1.82, 2.24) is 5.32 Å². The molecule has 1 aromatic heterocycles. The number of carbonyl (C=O) groups is 2. The van der Waals surface area contributed by atoms with Crippen LogP contribution in [-0.4, -0.2) is 24.1 Å². The number of amides is 1. The molecular formula is C17H19NO4S. The fourth-order valence-corrected chi connectivity index (χ4v) is 3.09. The van der Waals surface area contributed by atoms with Gasteiger partial charge in [0.25, 0.3) is 0 Å². The van der Waals surface area contributed by atoms with Crippen molar-refractivity contribution in [2.24, 2.45) is 0 Å². The van der Waals surface area contributed by atoms with Crippen molar-refractivity contribution in [3.8, 4) is 5.75 Å². The topological polar surface area (TPSA) is 75.6 Å². The number of rotatable bonds is 8. The second-order valence-electron chi connectivity index (χ2n) is 5.05. The van der Waals surface area contributed by atoms with E-state index in [1.807, 2.05) is 41.8 Å². The van der Waals surface area contributed by atoms with E-state index in [9.17, 15) is 9.59 Å². The summed E-state index contributed by atoms with van der Waals surface area (Å²) in [4.78, 5) is 24.0. The number of methoxy groups -OCH3 is 1. The van der Waals surface area contributed by atoms with E-state index in [-0.39, 0.29) is 18.7 Å². The molecule has 0 saturated heterocycles. The minimum Gasteiger partial charge on any atom is -0.496 e. The van der Waals surface area contributed by atoms with E-state index in [1.165, 1.54) is 11.3 Å². The fraction of sp³-hybridized carbons (Fsp3) is 0.294. The molecule has 122 valence electrons. The zero-order valence-electron chi connectivity index (χ0n) is 12.8. The average molecular weight is 333 g/mol. The molecular weight excluding hydrogens is 314 g/mol. The summed E-state index contributed by atoms with van der Waals surface area (Å²) in [6.45, 7) is 0. The smallest absolute Gasteiger partial charge is 0.305 e. The van der Waals surface area contributed by atoms with Gasteiger partial charge < -0.3 is 15.2 Å². The van der Waals surface area contributed by atoms with E-state index in [1.54, 1.807) is 7.11 Å². The minimum atomic E-state index is -0.937. The van der Waals surface area contributed by atoms with Gasteiger partial charge in [0.1, 0.15) is 5.75 Å². The summed E-state index contributed by atoms with van der Waals surface area (Å²) in [5.74, 6) is -0.357. The highest BCUT2D eigenvalue weighted by Gasteiger charge is 2.19. The van der Waals surface area contributed by atoms with Crippen molar-refractivity contribution >= 4 is 23.2 Å². The molecule has 2 N–H and O–H groups in total. The molecule has 0 aliphatic carbocycles. The number of hydrogen-bond acceptors (Lipinski definition) is 4. The molecule has 0 fully saturated rings. The van der Waals surface area contributed by atoms with Crippen molar-refractivity contribution in [1.29, 1.82) is 0 Å². The Morgan fingerprint density at radius 1 is 1.26 bits per heavy atom. The first-order valence-electron chi connectivity index (χ1n) is 7.26. The summed E-state index contributed by atoms with van der Waals surface area (Å²) in [7, 11) is 1.60. The Morgan fingerprint density at radius 2 is 2.04 bits per heavy atom. The number of nitrogens with one attached hydrogen (secondary N) is 1. The van der Waals surface area contributed by atoms with E-state index < -0.39 is 12.0 Å². The Balaban J connectivity index is 1.95. The zero-order chi connectivity index (χ0) is 16.7. The third-order valence-electron chi connectivity index (χ3n) is 3.41. The lowest BCUT2D eigenvalue weighted by Crippen LogP contribution is -2.29. The van der Waals surface area contributed by atoms with Crippen LogP contribution in [0.25, 0.3) is 0 Å². The van der Waals surface area contributed by atoms with Crippen LogP contribution in [0, 0.1) is 0 Å². The molecule has 0 saturated carbocycles. The molecule has 0 spiro atoms. The highest BCUT2D eigenvalue weighted by atomic mass is 32.1. The van der Waals surface area contributed by atoms with Crippen LogP contribution in [0.4, 0.5) is 0 Å². The number of aliphatic carboxylic acids is 1. The van der Waals surface area contributed by atoms with E-state index in [2.05, 4.69) is 5.32 Å². The SMILES string of the molecule is COc1ccccc1CCC(=O)N[C@H](CC(=O)O)c1cccs1. The van der Waals surface area contributed by atoms with Gasteiger partial charge >= 0.3 is 5.97 Å². The fourth-order valence-electron chi connectivity index (χ4n) is 2.31. The summed E-state index contributed by atoms with van der Waals surface area (Å²) >= 11 is 1.44. The molecule has 1 heterocycles. The Kier molecular flexibility index (Phi) is 6.17. The number of ether oxygens (including phenoxy) is 1. The van der Waals surface area contributed by atoms with E-state index in [0.717, 1.165) is 16.2 Å². The molecule has 6 heteroatoms. The first-order chi connectivity index (χ1) is 11.1. The third kappa shape index (κ3) is 5.10. The minimum absolute atomic E-state index is 0.124. The van der Waals surface area contributed by atoms with Crippen LogP contribution < -0.4 is 10.1 Å². The third-order valence-corrected chi connectivity index (χ3v) is 4.40. The summed E-state index contributed by atoms with van der Waals surface area (Å²) < 4.78 is 5.26. The van der Waals surface area contributed by atoms with Crippen LogP contribution in [0.15, 0.2) is 41.8 Å². The maximum absolute atomic E-state index is 12.2. The van der Waals surface area contributed by atoms with E-state index in [4.69, 9.17) is 9.84 Å². The van der Waals surface area contributed by atoms with Gasteiger partial charge in [0, 0.05) is 11.3 Å². The molecule has 0 aliphatic rings. The van der Waals surface area contributed by atoms with Crippen LogP contribution >= 0.6 is 11.3 Å². The number of aryl methyl sites for hydroxylation is 1. The van der Waals surface area contributed by atoms with Crippen molar-refractivity contribution in [3.63, 3.8) is 0 Å². The molecule has 1 amide bonds. The van der Waals surface area contributed by atoms with Crippen LogP contribution in [0.5, 0.6) is 5.75 Å². The van der Waals surface area contributed by atoms with Crippen LogP contribution in [-0.2, 0) is 16.0 Å². The predicted octanol–water partition coefficient (Wildman–Crippen LogP) is 3.02. The first-order valence-corrected chi connectivity index (χ1v) is 8.14. The predicted molar refractivity (Wildman–Crippen MR) is 88.8 cm³/mol. The molecule has 5 nitrogen and oxygen atoms in total. The largest absolute Gasteiger partial charge is 0.496 e. The molecule has 0 aliphatic heterocycles. The number of carboxylic acids is 1. The Morgan fingerprint density at radius 3 is 2.70 bits per heavy atom. The van der Waals surface area contributed by atoms with Gasteiger partial charge in [-0.3, -0.25) is 9.59 Å². The number of carboxylic acid groups (broad SMARTS) is 1. The number of para-hydroxylation sites is 1. The Hall–Kier alpha value is -2.34. The highest BCUT2D eigenvalue weighted by Crippen LogP contribution is 2.23. The average Bonchev–Trinajstić information content (AvgIpc) is 3.06. The summed E-state index contributed by atoms with van der Waals surface area (Å²) in [5, 5.41) is 13.7.